The van der Waals surface area contributed by atoms with Gasteiger partial charge in [0.1, 0.15) is 0 Å². The number of para-hydroxylation sites is 1. The number of Topliss-reactive ketones (excluding diaryl/α,β-unsaturated/α-hetero) is 1. The fraction of sp³-hybridized carbons (Fsp3) is 0.300. The molecule has 1 N–H and O–H groups in total. The number of nitro groups is 1. The lowest BCUT2D eigenvalue weighted by molar-refractivity contribution is -0.384. The van der Waals surface area contributed by atoms with Crippen molar-refractivity contribution in [3.63, 3.8) is 0 Å². The normalized spacial score (nSPS) is 18.4. The third-order valence-corrected chi connectivity index (χ3v) is 4.79. The van der Waals surface area contributed by atoms with Gasteiger partial charge in [0.25, 0.3) is 11.6 Å². The monoisotopic (exact) mass is 368 g/mol. The molecular formula is C20H20N2O5. The number of rotatable bonds is 7. The van der Waals surface area contributed by atoms with Gasteiger partial charge in [0, 0.05) is 29.8 Å². The van der Waals surface area contributed by atoms with Gasteiger partial charge in [-0.05, 0) is 24.6 Å². The van der Waals surface area contributed by atoms with E-state index in [-0.39, 0.29) is 11.3 Å². The summed E-state index contributed by atoms with van der Waals surface area (Å²) in [6, 6.07) is 12.1. The molecule has 7 nitrogen and oxygen atoms in total. The maximum Gasteiger partial charge on any atom is 0.269 e. The van der Waals surface area contributed by atoms with Crippen molar-refractivity contribution in [1.29, 1.82) is 0 Å². The Bertz CT molecular complexity index is 894. The average Bonchev–Trinajstić information content (AvgIpc) is 2.88. The van der Waals surface area contributed by atoms with Crippen molar-refractivity contribution in [2.45, 2.75) is 31.8 Å². The van der Waals surface area contributed by atoms with Crippen molar-refractivity contribution in [2.75, 3.05) is 11.4 Å². The summed E-state index contributed by atoms with van der Waals surface area (Å²) in [6.07, 6.45) is 1.27. The molecule has 0 unspecified atom stereocenters. The second kappa shape index (κ2) is 7.28. The van der Waals surface area contributed by atoms with Crippen molar-refractivity contribution >= 4 is 23.1 Å². The maximum absolute atomic E-state index is 12.9. The van der Waals surface area contributed by atoms with E-state index in [0.29, 0.717) is 17.8 Å². The largest absolute Gasteiger partial charge is 0.375 e. The lowest BCUT2D eigenvalue weighted by atomic mass is 9.88. The summed E-state index contributed by atoms with van der Waals surface area (Å²) in [6.45, 7) is 2.48. The molecule has 0 saturated carbocycles. The van der Waals surface area contributed by atoms with Crippen molar-refractivity contribution in [1.82, 2.24) is 0 Å². The zero-order valence-electron chi connectivity index (χ0n) is 14.9. The molecule has 2 aromatic rings. The molecule has 3 rings (SSSR count). The van der Waals surface area contributed by atoms with Crippen LogP contribution in [0.3, 0.4) is 0 Å². The smallest absolute Gasteiger partial charge is 0.269 e. The van der Waals surface area contributed by atoms with Gasteiger partial charge in [-0.15, -0.1) is 0 Å². The predicted molar refractivity (Wildman–Crippen MR) is 99.6 cm³/mol. The summed E-state index contributed by atoms with van der Waals surface area (Å²) in [4.78, 5) is 37.3. The quantitative estimate of drug-likeness (QED) is 0.459. The van der Waals surface area contributed by atoms with Gasteiger partial charge in [0.05, 0.1) is 17.0 Å². The molecular weight excluding hydrogens is 348 g/mol. The predicted octanol–water partition coefficient (Wildman–Crippen LogP) is 3.20. The van der Waals surface area contributed by atoms with Crippen molar-refractivity contribution in [3.05, 3.63) is 69.8 Å². The third-order valence-electron chi connectivity index (χ3n) is 4.79. The lowest BCUT2D eigenvalue weighted by Crippen LogP contribution is -2.42. The number of nitro benzene ring substituents is 1. The number of hydrogen-bond donors (Lipinski definition) is 1. The summed E-state index contributed by atoms with van der Waals surface area (Å²) < 4.78 is 0. The van der Waals surface area contributed by atoms with E-state index in [4.69, 9.17) is 0 Å². The van der Waals surface area contributed by atoms with Crippen LogP contribution in [0.4, 0.5) is 11.4 Å². The van der Waals surface area contributed by atoms with Crippen LogP contribution >= 0.6 is 0 Å². The number of carbonyl (C=O) groups is 2. The van der Waals surface area contributed by atoms with Crippen LogP contribution in [-0.4, -0.2) is 28.3 Å². The molecule has 0 fully saturated rings. The van der Waals surface area contributed by atoms with Gasteiger partial charge >= 0.3 is 0 Å². The maximum atomic E-state index is 12.9. The van der Waals surface area contributed by atoms with Gasteiger partial charge < -0.3 is 10.0 Å². The standard InChI is InChI=1S/C20H20N2O5/c1-2-3-12-21-17-7-5-4-6-16(17)20(25,19(21)24)13-18(23)14-8-10-15(11-9-14)22(26)27/h4-11,25H,2-3,12-13H2,1H3/t20-/m0/s1. The number of anilines is 1. The summed E-state index contributed by atoms with van der Waals surface area (Å²) in [5.41, 5.74) is -0.802. The van der Waals surface area contributed by atoms with E-state index in [1.54, 1.807) is 24.3 Å². The first-order valence-corrected chi connectivity index (χ1v) is 8.80. The lowest BCUT2D eigenvalue weighted by Gasteiger charge is -2.22. The molecule has 140 valence electrons. The van der Waals surface area contributed by atoms with Crippen LogP contribution in [-0.2, 0) is 10.4 Å². The molecule has 1 aliphatic heterocycles. The van der Waals surface area contributed by atoms with E-state index in [1.165, 1.54) is 29.2 Å². The second-order valence-corrected chi connectivity index (χ2v) is 6.59. The second-order valence-electron chi connectivity index (χ2n) is 6.59. The fourth-order valence-corrected chi connectivity index (χ4v) is 3.32. The topological polar surface area (TPSA) is 101 Å². The summed E-state index contributed by atoms with van der Waals surface area (Å²) >= 11 is 0. The number of fused-ring (bicyclic) bond motifs is 1. The molecule has 1 atom stereocenters. The Morgan fingerprint density at radius 3 is 2.48 bits per heavy atom. The van der Waals surface area contributed by atoms with Crippen LogP contribution in [0.5, 0.6) is 0 Å². The highest BCUT2D eigenvalue weighted by molar-refractivity contribution is 6.10. The summed E-state index contributed by atoms with van der Waals surface area (Å²) in [5, 5.41) is 21.9. The first-order valence-electron chi connectivity index (χ1n) is 8.80. The minimum Gasteiger partial charge on any atom is -0.375 e. The van der Waals surface area contributed by atoms with Crippen LogP contribution in [0.15, 0.2) is 48.5 Å². The Morgan fingerprint density at radius 1 is 1.19 bits per heavy atom. The highest BCUT2D eigenvalue weighted by Gasteiger charge is 2.50. The van der Waals surface area contributed by atoms with Crippen LogP contribution in [0.25, 0.3) is 0 Å². The number of hydrogen-bond acceptors (Lipinski definition) is 5. The number of aliphatic hydroxyl groups is 1. The molecule has 0 bridgehead atoms. The van der Waals surface area contributed by atoms with Gasteiger partial charge in [0.2, 0.25) is 0 Å². The van der Waals surface area contributed by atoms with E-state index >= 15 is 0 Å². The van der Waals surface area contributed by atoms with Gasteiger partial charge in [-0.3, -0.25) is 19.7 Å². The Balaban J connectivity index is 1.89. The van der Waals surface area contributed by atoms with Crippen molar-refractivity contribution in [3.8, 4) is 0 Å². The zero-order valence-corrected chi connectivity index (χ0v) is 14.9. The molecule has 2 aromatic carbocycles. The van der Waals surface area contributed by atoms with E-state index in [2.05, 4.69) is 0 Å². The van der Waals surface area contributed by atoms with E-state index in [9.17, 15) is 24.8 Å². The van der Waals surface area contributed by atoms with Crippen molar-refractivity contribution in [2.24, 2.45) is 0 Å². The van der Waals surface area contributed by atoms with Crippen LogP contribution in [0.1, 0.15) is 42.1 Å². The fourth-order valence-electron chi connectivity index (χ4n) is 3.32. The van der Waals surface area contributed by atoms with E-state index in [0.717, 1.165) is 12.8 Å². The summed E-state index contributed by atoms with van der Waals surface area (Å²) in [5.74, 6) is -0.958. The Labute approximate surface area is 156 Å². The van der Waals surface area contributed by atoms with Crippen LogP contribution < -0.4 is 4.90 Å². The molecule has 0 aliphatic carbocycles. The number of nitrogens with zero attached hydrogens (tertiary/aromatic N) is 2. The van der Waals surface area contributed by atoms with Crippen molar-refractivity contribution < 1.29 is 19.6 Å². The molecule has 0 saturated heterocycles. The first-order chi connectivity index (χ1) is 12.9. The molecule has 1 aliphatic rings. The molecule has 1 amide bonds. The number of unbranched alkanes of at least 4 members (excludes halogenated alkanes) is 1. The first kappa shape index (κ1) is 18.7. The molecule has 7 heteroatoms. The zero-order chi connectivity index (χ0) is 19.6. The average molecular weight is 368 g/mol. The van der Waals surface area contributed by atoms with Crippen LogP contribution in [0, 0.1) is 10.1 Å². The number of benzene rings is 2. The molecule has 1 heterocycles. The number of carbonyl (C=O) groups excluding carboxylic acids is 2. The molecule has 0 radical (unpaired) electrons. The number of ketones is 1. The highest BCUT2D eigenvalue weighted by Crippen LogP contribution is 2.42. The van der Waals surface area contributed by atoms with E-state index in [1.807, 2.05) is 6.92 Å². The van der Waals surface area contributed by atoms with Gasteiger partial charge in [-0.25, -0.2) is 0 Å². The van der Waals surface area contributed by atoms with Gasteiger partial charge in [0.15, 0.2) is 11.4 Å². The number of non-ortho nitro benzene ring substituents is 1. The van der Waals surface area contributed by atoms with Gasteiger partial charge in [-0.2, -0.15) is 0 Å². The SMILES string of the molecule is CCCCN1C(=O)[C@](O)(CC(=O)c2ccc([N+](=O)[O-])cc2)c2ccccc21. The summed E-state index contributed by atoms with van der Waals surface area (Å²) in [7, 11) is 0. The Morgan fingerprint density at radius 2 is 1.85 bits per heavy atom. The Hall–Kier alpha value is -3.06. The molecule has 0 aromatic heterocycles. The number of amides is 1. The molecule has 0 spiro atoms. The molecule has 27 heavy (non-hydrogen) atoms. The highest BCUT2D eigenvalue weighted by atomic mass is 16.6. The third kappa shape index (κ3) is 3.33. The van der Waals surface area contributed by atoms with Gasteiger partial charge in [-0.1, -0.05) is 31.5 Å². The minimum absolute atomic E-state index is 0.127. The minimum atomic E-state index is -1.93. The van der Waals surface area contributed by atoms with E-state index < -0.39 is 28.6 Å². The Kier molecular flexibility index (Phi) is 5.05. The van der Waals surface area contributed by atoms with Crippen LogP contribution in [0.2, 0.25) is 0 Å².